The van der Waals surface area contributed by atoms with Crippen LogP contribution in [0.3, 0.4) is 0 Å². The molecule has 4 fully saturated rings. The summed E-state index contributed by atoms with van der Waals surface area (Å²) in [6.45, 7) is 8.53. The highest BCUT2D eigenvalue weighted by Gasteiger charge is 2.54. The number of aliphatic hydroxyl groups excluding tert-OH is 9. The summed E-state index contributed by atoms with van der Waals surface area (Å²) in [7, 11) is 0. The summed E-state index contributed by atoms with van der Waals surface area (Å²) in [4.78, 5) is 0. The summed E-state index contributed by atoms with van der Waals surface area (Å²) >= 11 is 0. The van der Waals surface area contributed by atoms with Crippen molar-refractivity contribution in [3.05, 3.63) is 0 Å². The van der Waals surface area contributed by atoms with Gasteiger partial charge in [0.2, 0.25) is 0 Å². The fourth-order valence-corrected chi connectivity index (χ4v) is 6.58. The zero-order chi connectivity index (χ0) is 36.2. The zero-order valence-electron chi connectivity index (χ0n) is 28.8. The van der Waals surface area contributed by atoms with Crippen molar-refractivity contribution >= 4 is 0 Å². The van der Waals surface area contributed by atoms with Gasteiger partial charge >= 0.3 is 0 Å². The Kier molecular flexibility index (Phi) is 15.4. The van der Waals surface area contributed by atoms with Gasteiger partial charge in [-0.05, 0) is 34.1 Å². The molecule has 0 bridgehead atoms. The predicted octanol–water partition coefficient (Wildman–Crippen LogP) is -2.25. The molecule has 17 nitrogen and oxygen atoms in total. The average molecular weight is 715 g/mol. The molecule has 0 saturated carbocycles. The molecule has 0 aliphatic carbocycles. The summed E-state index contributed by atoms with van der Waals surface area (Å²) in [6.07, 6.45) is -21.2. The van der Waals surface area contributed by atoms with Crippen molar-refractivity contribution in [2.45, 2.75) is 196 Å². The Morgan fingerprint density at radius 3 is 1.37 bits per heavy atom. The summed E-state index contributed by atoms with van der Waals surface area (Å²) < 4.78 is 45.8. The Balaban J connectivity index is 1.33. The zero-order valence-corrected chi connectivity index (χ0v) is 28.8. The molecule has 0 aromatic heterocycles. The van der Waals surface area contributed by atoms with Crippen molar-refractivity contribution in [2.24, 2.45) is 0 Å². The fraction of sp³-hybridized carbons (Fsp3) is 1.00. The summed E-state index contributed by atoms with van der Waals surface area (Å²) in [6, 6.07) is 0. The second kappa shape index (κ2) is 18.4. The number of aliphatic hydroxyl groups is 9. The van der Waals surface area contributed by atoms with E-state index < -0.39 is 123 Å². The van der Waals surface area contributed by atoms with Crippen molar-refractivity contribution < 1.29 is 83.9 Å². The lowest BCUT2D eigenvalue weighted by Crippen LogP contribution is -2.66. The molecule has 4 aliphatic rings. The van der Waals surface area contributed by atoms with Gasteiger partial charge in [-0.3, -0.25) is 0 Å². The first kappa shape index (κ1) is 41.1. The van der Waals surface area contributed by atoms with Crippen LogP contribution in [0.5, 0.6) is 0 Å². The van der Waals surface area contributed by atoms with Crippen molar-refractivity contribution in [3.63, 3.8) is 0 Å². The van der Waals surface area contributed by atoms with E-state index in [4.69, 9.17) is 37.9 Å². The lowest BCUT2D eigenvalue weighted by Gasteiger charge is -2.48. The molecular formula is C32H58O17. The molecule has 0 radical (unpaired) electrons. The van der Waals surface area contributed by atoms with Gasteiger partial charge in [0, 0.05) is 6.61 Å². The van der Waals surface area contributed by atoms with E-state index in [9.17, 15) is 46.0 Å². The molecular weight excluding hydrogens is 656 g/mol. The molecule has 4 heterocycles. The number of rotatable bonds is 14. The molecule has 4 rings (SSSR count). The first-order valence-corrected chi connectivity index (χ1v) is 17.5. The lowest BCUT2D eigenvalue weighted by atomic mass is 9.96. The third-order valence-electron chi connectivity index (χ3n) is 9.80. The third-order valence-corrected chi connectivity index (χ3v) is 9.80. The monoisotopic (exact) mass is 714 g/mol. The van der Waals surface area contributed by atoms with Crippen LogP contribution in [0.4, 0.5) is 0 Å². The van der Waals surface area contributed by atoms with Crippen LogP contribution in [0.25, 0.3) is 0 Å². The second-order valence-electron chi connectivity index (χ2n) is 13.7. The molecule has 0 amide bonds. The topological polar surface area (TPSA) is 256 Å². The van der Waals surface area contributed by atoms with Gasteiger partial charge < -0.3 is 83.9 Å². The van der Waals surface area contributed by atoms with E-state index in [1.165, 1.54) is 27.2 Å². The largest absolute Gasteiger partial charge is 0.388 e. The van der Waals surface area contributed by atoms with E-state index in [0.717, 1.165) is 32.1 Å². The van der Waals surface area contributed by atoms with Gasteiger partial charge in [-0.15, -0.1) is 0 Å². The molecule has 0 aromatic carbocycles. The molecule has 20 atom stereocenters. The molecule has 0 aromatic rings. The first-order chi connectivity index (χ1) is 23.2. The van der Waals surface area contributed by atoms with E-state index in [-0.39, 0.29) is 0 Å². The lowest BCUT2D eigenvalue weighted by molar-refractivity contribution is -0.383. The van der Waals surface area contributed by atoms with E-state index in [0.29, 0.717) is 6.61 Å². The van der Waals surface area contributed by atoms with Crippen LogP contribution in [0.2, 0.25) is 0 Å². The molecule has 4 aliphatic heterocycles. The second-order valence-corrected chi connectivity index (χ2v) is 13.7. The van der Waals surface area contributed by atoms with Crippen LogP contribution >= 0.6 is 0 Å². The number of hydrogen-bond donors (Lipinski definition) is 9. The highest BCUT2D eigenvalue weighted by Crippen LogP contribution is 2.34. The highest BCUT2D eigenvalue weighted by atomic mass is 16.8. The van der Waals surface area contributed by atoms with Crippen molar-refractivity contribution in [1.29, 1.82) is 0 Å². The van der Waals surface area contributed by atoms with E-state index in [1.54, 1.807) is 6.92 Å². The molecule has 288 valence electrons. The summed E-state index contributed by atoms with van der Waals surface area (Å²) in [5, 5.41) is 96.0. The van der Waals surface area contributed by atoms with Crippen LogP contribution in [-0.2, 0) is 37.9 Å². The SMILES string of the molecule is CCCCCCCCO[C@H]1O[C@@H](C)[C@@H](O[C@@H]2O[C@@H](C)[C@@H](O)[C@@H](O[C@@H]3O[C@@H](C)[C@@H](O[C@@H]4O[C@@H](C)[C@@H](O)[C@@H](O)[C@@H]4O)[C@@H](O)[C@@H]3O)[C@@H]2O)[C@@H](O)[C@@H]1O. The number of hydrogen-bond acceptors (Lipinski definition) is 17. The van der Waals surface area contributed by atoms with E-state index >= 15 is 0 Å². The van der Waals surface area contributed by atoms with Gasteiger partial charge in [0.05, 0.1) is 24.4 Å². The summed E-state index contributed by atoms with van der Waals surface area (Å²) in [5.41, 5.74) is 0. The van der Waals surface area contributed by atoms with Gasteiger partial charge in [-0.1, -0.05) is 39.0 Å². The van der Waals surface area contributed by atoms with Crippen molar-refractivity contribution in [1.82, 2.24) is 0 Å². The van der Waals surface area contributed by atoms with Crippen LogP contribution < -0.4 is 0 Å². The standard InChI is InChI=1S/C32H58O17/c1-6-7-8-9-10-11-12-42-29-23(39)20(36)26(15(4)45-29)48-32-25(41)28(18(34)14(3)44-32)49-31-24(40)21(37)27(16(5)46-31)47-30-22(38)19(35)17(33)13(2)43-30/h13-41H,6-12H2,1-5H3/t13-,14-,15-,16-,17+,18+,19+,20-,21-,22-,23-,24-,25-,26+,27+,28+,29-,30-,31-,32-/m0/s1. The van der Waals surface area contributed by atoms with Crippen LogP contribution in [-0.4, -0.2) is 175 Å². The minimum Gasteiger partial charge on any atom is -0.388 e. The third kappa shape index (κ3) is 9.66. The maximum Gasteiger partial charge on any atom is 0.187 e. The molecule has 17 heteroatoms. The van der Waals surface area contributed by atoms with Crippen LogP contribution in [0, 0.1) is 0 Å². The van der Waals surface area contributed by atoms with Gasteiger partial charge in [-0.2, -0.15) is 0 Å². The highest BCUT2D eigenvalue weighted by molar-refractivity contribution is 4.96. The van der Waals surface area contributed by atoms with Gasteiger partial charge in [-0.25, -0.2) is 0 Å². The van der Waals surface area contributed by atoms with Crippen molar-refractivity contribution in [2.75, 3.05) is 6.61 Å². The Bertz CT molecular complexity index is 980. The molecule has 0 spiro atoms. The number of ether oxygens (including phenoxy) is 8. The summed E-state index contributed by atoms with van der Waals surface area (Å²) in [5.74, 6) is 0. The molecule has 4 saturated heterocycles. The predicted molar refractivity (Wildman–Crippen MR) is 165 cm³/mol. The van der Waals surface area contributed by atoms with E-state index in [1.807, 2.05) is 0 Å². The Labute approximate surface area is 286 Å². The fourth-order valence-electron chi connectivity index (χ4n) is 6.58. The Morgan fingerprint density at radius 2 is 0.796 bits per heavy atom. The van der Waals surface area contributed by atoms with Crippen molar-refractivity contribution in [3.8, 4) is 0 Å². The Morgan fingerprint density at radius 1 is 0.388 bits per heavy atom. The van der Waals surface area contributed by atoms with Gasteiger partial charge in [0.1, 0.15) is 73.2 Å². The maximum absolute atomic E-state index is 11.2. The maximum atomic E-state index is 11.2. The van der Waals surface area contributed by atoms with Gasteiger partial charge in [0.15, 0.2) is 25.2 Å². The normalized spacial score (nSPS) is 49.6. The average Bonchev–Trinajstić information content (AvgIpc) is 3.07. The molecule has 0 unspecified atom stereocenters. The minimum absolute atomic E-state index is 0.343. The van der Waals surface area contributed by atoms with E-state index in [2.05, 4.69) is 6.92 Å². The molecule has 49 heavy (non-hydrogen) atoms. The molecule has 9 N–H and O–H groups in total. The minimum atomic E-state index is -1.79. The first-order valence-electron chi connectivity index (χ1n) is 17.5. The quantitative estimate of drug-likeness (QED) is 0.0861. The Hall–Kier alpha value is -0.680. The van der Waals surface area contributed by atoms with Gasteiger partial charge in [0.25, 0.3) is 0 Å². The van der Waals surface area contributed by atoms with Crippen LogP contribution in [0.1, 0.15) is 73.1 Å². The number of unbranched alkanes of at least 4 members (excludes halogenated alkanes) is 5. The smallest absolute Gasteiger partial charge is 0.187 e. The van der Waals surface area contributed by atoms with Crippen LogP contribution in [0.15, 0.2) is 0 Å².